The second-order valence-corrected chi connectivity index (χ2v) is 7.41. The van der Waals surface area contributed by atoms with Crippen LogP contribution in [0.25, 0.3) is 0 Å². The Kier molecular flexibility index (Phi) is 4.42. The molecule has 0 aliphatic carbocycles. The van der Waals surface area contributed by atoms with E-state index in [2.05, 4.69) is 10.3 Å². The summed E-state index contributed by atoms with van der Waals surface area (Å²) in [7, 11) is -3.51. The Morgan fingerprint density at radius 2 is 2.20 bits per heavy atom. The van der Waals surface area contributed by atoms with E-state index in [1.807, 2.05) is 0 Å². The van der Waals surface area contributed by atoms with Crippen LogP contribution < -0.4 is 5.32 Å². The van der Waals surface area contributed by atoms with E-state index in [-0.39, 0.29) is 16.2 Å². The van der Waals surface area contributed by atoms with Crippen molar-refractivity contribution in [1.29, 1.82) is 0 Å². The van der Waals surface area contributed by atoms with Gasteiger partial charge in [-0.25, -0.2) is 13.4 Å². The van der Waals surface area contributed by atoms with Crippen molar-refractivity contribution < 1.29 is 13.2 Å². The van der Waals surface area contributed by atoms with E-state index in [0.29, 0.717) is 10.2 Å². The number of rotatable bonds is 4. The fourth-order valence-corrected chi connectivity index (χ4v) is 3.33. The fourth-order valence-electron chi connectivity index (χ4n) is 1.56. The first-order chi connectivity index (χ1) is 9.44. The molecule has 8 heteroatoms. The summed E-state index contributed by atoms with van der Waals surface area (Å²) in [6, 6.07) is 4.13. The first-order valence-corrected chi connectivity index (χ1v) is 8.58. The van der Waals surface area contributed by atoms with E-state index in [1.54, 1.807) is 11.6 Å². The van der Waals surface area contributed by atoms with Gasteiger partial charge in [0.05, 0.1) is 16.2 Å². The minimum Gasteiger partial charge on any atom is -0.298 e. The number of amides is 1. The fraction of sp³-hybridized carbons (Fsp3) is 0.167. The molecule has 0 spiro atoms. The summed E-state index contributed by atoms with van der Waals surface area (Å²) < 4.78 is 24.0. The van der Waals surface area contributed by atoms with Crippen molar-refractivity contribution in [2.75, 3.05) is 11.1 Å². The molecule has 0 saturated heterocycles. The van der Waals surface area contributed by atoms with E-state index in [1.165, 1.54) is 36.5 Å². The zero-order valence-electron chi connectivity index (χ0n) is 10.5. The van der Waals surface area contributed by atoms with Crippen LogP contribution in [-0.2, 0) is 9.84 Å². The van der Waals surface area contributed by atoms with Crippen molar-refractivity contribution in [2.45, 2.75) is 11.8 Å². The Balaban J connectivity index is 2.44. The molecule has 0 saturated carbocycles. The second-order valence-electron chi connectivity index (χ2n) is 3.84. The number of aromatic nitrogens is 1. The Labute approximate surface area is 125 Å². The molecule has 1 aromatic carbocycles. The van der Waals surface area contributed by atoms with Gasteiger partial charge < -0.3 is 0 Å². The molecular weight excluding hydrogens is 320 g/mol. The molecule has 0 radical (unpaired) electrons. The van der Waals surface area contributed by atoms with Crippen molar-refractivity contribution in [2.24, 2.45) is 0 Å². The first kappa shape index (κ1) is 15.0. The minimum absolute atomic E-state index is 0.0227. The number of carbonyl (C=O) groups excluding carboxylic acids is 1. The maximum absolute atomic E-state index is 12.2. The van der Waals surface area contributed by atoms with Gasteiger partial charge in [0.25, 0.3) is 5.91 Å². The van der Waals surface area contributed by atoms with Crippen LogP contribution in [0.4, 0.5) is 5.13 Å². The lowest BCUT2D eigenvalue weighted by molar-refractivity contribution is 0.102. The summed E-state index contributed by atoms with van der Waals surface area (Å²) in [6.07, 6.45) is 1.54. The molecule has 0 atom stereocenters. The number of hydrogen-bond donors (Lipinski definition) is 1. The SMILES string of the molecule is CCS(=O)(=O)c1ccc(Cl)cc1C(=O)Nc1nccs1. The molecule has 2 aromatic rings. The summed E-state index contributed by atoms with van der Waals surface area (Å²) >= 11 is 7.09. The van der Waals surface area contributed by atoms with Crippen molar-refractivity contribution in [3.05, 3.63) is 40.4 Å². The van der Waals surface area contributed by atoms with E-state index in [9.17, 15) is 13.2 Å². The molecule has 0 fully saturated rings. The van der Waals surface area contributed by atoms with E-state index in [4.69, 9.17) is 11.6 Å². The molecule has 1 amide bonds. The van der Waals surface area contributed by atoms with E-state index in [0.717, 1.165) is 0 Å². The molecule has 20 heavy (non-hydrogen) atoms. The van der Waals surface area contributed by atoms with Crippen LogP contribution in [0.5, 0.6) is 0 Å². The molecule has 0 aliphatic heterocycles. The predicted molar refractivity (Wildman–Crippen MR) is 79.2 cm³/mol. The number of thiazole rings is 1. The molecule has 0 bridgehead atoms. The molecule has 1 N–H and O–H groups in total. The standard InChI is InChI=1S/C12H11ClN2O3S2/c1-2-20(17,18)10-4-3-8(13)7-9(10)11(16)15-12-14-5-6-19-12/h3-7H,2H2,1H3,(H,14,15,16). The third kappa shape index (κ3) is 3.17. The maximum atomic E-state index is 12.2. The number of nitrogens with one attached hydrogen (secondary N) is 1. The van der Waals surface area contributed by atoms with Crippen molar-refractivity contribution in [3.63, 3.8) is 0 Å². The molecule has 0 aliphatic rings. The number of nitrogens with zero attached hydrogens (tertiary/aromatic N) is 1. The topological polar surface area (TPSA) is 76.1 Å². The van der Waals surface area contributed by atoms with Crippen LogP contribution in [0.2, 0.25) is 5.02 Å². The lowest BCUT2D eigenvalue weighted by Crippen LogP contribution is -2.17. The van der Waals surface area contributed by atoms with Crippen LogP contribution in [-0.4, -0.2) is 25.1 Å². The quantitative estimate of drug-likeness (QED) is 0.935. The maximum Gasteiger partial charge on any atom is 0.258 e. The zero-order valence-corrected chi connectivity index (χ0v) is 12.8. The highest BCUT2D eigenvalue weighted by molar-refractivity contribution is 7.91. The van der Waals surface area contributed by atoms with Crippen LogP contribution in [0.3, 0.4) is 0 Å². The molecule has 2 rings (SSSR count). The predicted octanol–water partition coefficient (Wildman–Crippen LogP) is 2.84. The minimum atomic E-state index is -3.51. The third-order valence-corrected chi connectivity index (χ3v) is 5.26. The van der Waals surface area contributed by atoms with Crippen LogP contribution in [0, 0.1) is 0 Å². The lowest BCUT2D eigenvalue weighted by Gasteiger charge is -2.09. The van der Waals surface area contributed by atoms with Crippen LogP contribution in [0.1, 0.15) is 17.3 Å². The van der Waals surface area contributed by atoms with Gasteiger partial charge >= 0.3 is 0 Å². The Morgan fingerprint density at radius 1 is 1.45 bits per heavy atom. The van der Waals surface area contributed by atoms with Gasteiger partial charge in [-0.1, -0.05) is 18.5 Å². The van der Waals surface area contributed by atoms with Gasteiger partial charge in [0.1, 0.15) is 0 Å². The van der Waals surface area contributed by atoms with E-state index >= 15 is 0 Å². The molecule has 0 unspecified atom stereocenters. The largest absolute Gasteiger partial charge is 0.298 e. The molecule has 106 valence electrons. The highest BCUT2D eigenvalue weighted by atomic mass is 35.5. The smallest absolute Gasteiger partial charge is 0.258 e. The van der Waals surface area contributed by atoms with Gasteiger partial charge in [0.2, 0.25) is 0 Å². The molecule has 5 nitrogen and oxygen atoms in total. The van der Waals surface area contributed by atoms with Crippen molar-refractivity contribution in [1.82, 2.24) is 4.98 Å². The van der Waals surface area contributed by atoms with Gasteiger partial charge in [-0.2, -0.15) is 0 Å². The normalized spacial score (nSPS) is 11.3. The first-order valence-electron chi connectivity index (χ1n) is 5.67. The Hall–Kier alpha value is -1.44. The van der Waals surface area contributed by atoms with E-state index < -0.39 is 15.7 Å². The number of sulfone groups is 1. The monoisotopic (exact) mass is 330 g/mol. The molecule has 1 aromatic heterocycles. The van der Waals surface area contributed by atoms with Gasteiger partial charge in [0.15, 0.2) is 15.0 Å². The van der Waals surface area contributed by atoms with Gasteiger partial charge in [-0.15, -0.1) is 11.3 Å². The van der Waals surface area contributed by atoms with Gasteiger partial charge in [-0.3, -0.25) is 10.1 Å². The number of carbonyl (C=O) groups is 1. The van der Waals surface area contributed by atoms with Crippen molar-refractivity contribution in [3.8, 4) is 0 Å². The number of hydrogen-bond acceptors (Lipinski definition) is 5. The number of benzene rings is 1. The second kappa shape index (κ2) is 5.90. The van der Waals surface area contributed by atoms with Crippen LogP contribution in [0.15, 0.2) is 34.7 Å². The molecule has 1 heterocycles. The summed E-state index contributed by atoms with van der Waals surface area (Å²) in [5.41, 5.74) is 0.0227. The Morgan fingerprint density at radius 3 is 2.80 bits per heavy atom. The number of halogens is 1. The highest BCUT2D eigenvalue weighted by Gasteiger charge is 2.21. The zero-order chi connectivity index (χ0) is 14.8. The lowest BCUT2D eigenvalue weighted by atomic mass is 10.2. The third-order valence-electron chi connectivity index (χ3n) is 2.55. The van der Waals surface area contributed by atoms with Gasteiger partial charge in [-0.05, 0) is 18.2 Å². The van der Waals surface area contributed by atoms with Crippen molar-refractivity contribution >= 4 is 43.8 Å². The van der Waals surface area contributed by atoms with Gasteiger partial charge in [0, 0.05) is 16.6 Å². The highest BCUT2D eigenvalue weighted by Crippen LogP contribution is 2.23. The van der Waals surface area contributed by atoms with Crippen LogP contribution >= 0.6 is 22.9 Å². The summed E-state index contributed by atoms with van der Waals surface area (Å²) in [5.74, 6) is -0.638. The molecular formula is C12H11ClN2O3S2. The number of anilines is 1. The average molecular weight is 331 g/mol. The average Bonchev–Trinajstić information content (AvgIpc) is 2.91. The summed E-state index contributed by atoms with van der Waals surface area (Å²) in [4.78, 5) is 16.1. The Bertz CT molecular complexity index is 727. The summed E-state index contributed by atoms with van der Waals surface area (Å²) in [5, 5.41) is 4.95. The summed E-state index contributed by atoms with van der Waals surface area (Å²) in [6.45, 7) is 1.52.